The Morgan fingerprint density at radius 1 is 1.16 bits per heavy atom. The maximum atomic E-state index is 13.3. The molecule has 0 radical (unpaired) electrons. The molecule has 0 saturated carbocycles. The first-order chi connectivity index (χ1) is 15.4. The predicted molar refractivity (Wildman–Crippen MR) is 131 cm³/mol. The van der Waals surface area contributed by atoms with E-state index in [2.05, 4.69) is 36.6 Å². The van der Waals surface area contributed by atoms with Crippen molar-refractivity contribution in [2.45, 2.75) is 6.92 Å². The maximum absolute atomic E-state index is 13.3. The number of halogens is 2. The van der Waals surface area contributed by atoms with Gasteiger partial charge in [0.15, 0.2) is 12.1 Å². The number of fused-ring (bicyclic) bond motifs is 1. The summed E-state index contributed by atoms with van der Waals surface area (Å²) in [6.07, 6.45) is 2.29. The fraction of sp³-hybridized carbons (Fsp3) is 0.130. The highest BCUT2D eigenvalue weighted by atomic mass is 79.9. The van der Waals surface area contributed by atoms with Crippen molar-refractivity contribution in [1.29, 1.82) is 0 Å². The van der Waals surface area contributed by atoms with Gasteiger partial charge >= 0.3 is 0 Å². The molecule has 0 bridgehead atoms. The van der Waals surface area contributed by atoms with Gasteiger partial charge in [0.05, 0.1) is 16.2 Å². The van der Waals surface area contributed by atoms with Gasteiger partial charge in [0.25, 0.3) is 5.91 Å². The molecule has 164 valence electrons. The maximum Gasteiger partial charge on any atom is 0.275 e. The summed E-state index contributed by atoms with van der Waals surface area (Å²) in [5.41, 5.74) is 2.47. The predicted octanol–water partition coefficient (Wildman–Crippen LogP) is 5.05. The number of nitrogens with one attached hydrogen (secondary N) is 2. The van der Waals surface area contributed by atoms with E-state index < -0.39 is 5.91 Å². The molecule has 1 amide bonds. The van der Waals surface area contributed by atoms with Gasteiger partial charge in [-0.15, -0.1) is 0 Å². The van der Waals surface area contributed by atoms with Gasteiger partial charge in [-0.2, -0.15) is 5.10 Å². The van der Waals surface area contributed by atoms with E-state index in [1.807, 2.05) is 39.2 Å². The van der Waals surface area contributed by atoms with Crippen molar-refractivity contribution in [1.82, 2.24) is 20.1 Å². The summed E-state index contributed by atoms with van der Waals surface area (Å²) in [7, 11) is 3.75. The molecule has 2 N–H and O–H groups in total. The SMILES string of the molecule is CNC.Cc1cc(Br)cc(C=O)c1NC(=O)c1c2ccccc2nn1-c1ncccc1Cl. The number of amides is 1. The number of rotatable bonds is 4. The van der Waals surface area contributed by atoms with Crippen molar-refractivity contribution >= 4 is 56.3 Å². The molecule has 7 nitrogen and oxygen atoms in total. The van der Waals surface area contributed by atoms with Crippen LogP contribution in [0.2, 0.25) is 5.02 Å². The lowest BCUT2D eigenvalue weighted by Crippen LogP contribution is -2.19. The van der Waals surface area contributed by atoms with Crippen LogP contribution in [0.5, 0.6) is 0 Å². The average molecular weight is 515 g/mol. The summed E-state index contributed by atoms with van der Waals surface area (Å²) >= 11 is 9.67. The summed E-state index contributed by atoms with van der Waals surface area (Å²) < 4.78 is 2.18. The largest absolute Gasteiger partial charge is 0.323 e. The van der Waals surface area contributed by atoms with Crippen molar-refractivity contribution < 1.29 is 9.59 Å². The quantitative estimate of drug-likeness (QED) is 0.372. The zero-order valence-electron chi connectivity index (χ0n) is 17.7. The number of benzene rings is 2. The van der Waals surface area contributed by atoms with E-state index in [0.29, 0.717) is 39.3 Å². The summed E-state index contributed by atoms with van der Waals surface area (Å²) in [5.74, 6) is -0.0763. The molecular weight excluding hydrogens is 494 g/mol. The van der Waals surface area contributed by atoms with E-state index in [9.17, 15) is 9.59 Å². The number of aryl methyl sites for hydroxylation is 1. The summed E-state index contributed by atoms with van der Waals surface area (Å²) in [5, 5.41) is 11.1. The number of hydrogen-bond acceptors (Lipinski definition) is 5. The second kappa shape index (κ2) is 10.5. The van der Waals surface area contributed by atoms with Crippen molar-refractivity contribution in [3.8, 4) is 5.82 Å². The molecule has 4 aromatic rings. The minimum absolute atomic E-state index is 0.278. The number of carbonyl (C=O) groups excluding carboxylic acids is 2. The van der Waals surface area contributed by atoms with Crippen LogP contribution in [0.25, 0.3) is 16.7 Å². The van der Waals surface area contributed by atoms with E-state index in [1.165, 1.54) is 4.68 Å². The van der Waals surface area contributed by atoms with E-state index in [4.69, 9.17) is 11.6 Å². The van der Waals surface area contributed by atoms with E-state index in [1.54, 1.807) is 36.5 Å². The molecule has 2 aromatic carbocycles. The van der Waals surface area contributed by atoms with Crippen LogP contribution in [-0.2, 0) is 0 Å². The van der Waals surface area contributed by atoms with Gasteiger partial charge in [-0.1, -0.05) is 45.7 Å². The van der Waals surface area contributed by atoms with Crippen LogP contribution < -0.4 is 10.6 Å². The Bertz CT molecular complexity index is 1290. The van der Waals surface area contributed by atoms with Crippen LogP contribution in [0.3, 0.4) is 0 Å². The normalized spacial score (nSPS) is 10.4. The third-order valence-electron chi connectivity index (χ3n) is 4.43. The molecule has 0 atom stereocenters. The Labute approximate surface area is 198 Å². The highest BCUT2D eigenvalue weighted by Gasteiger charge is 2.23. The molecule has 0 aliphatic rings. The van der Waals surface area contributed by atoms with Crippen molar-refractivity contribution in [2.24, 2.45) is 0 Å². The number of carbonyl (C=O) groups is 2. The molecule has 9 heteroatoms. The lowest BCUT2D eigenvalue weighted by molar-refractivity contribution is 0.102. The molecule has 0 aliphatic heterocycles. The number of hydrogen-bond donors (Lipinski definition) is 2. The van der Waals surface area contributed by atoms with Gasteiger partial charge in [0, 0.05) is 21.6 Å². The van der Waals surface area contributed by atoms with Crippen molar-refractivity contribution in [3.05, 3.63) is 81.0 Å². The van der Waals surface area contributed by atoms with Crippen LogP contribution in [0, 0.1) is 6.92 Å². The second-order valence-electron chi connectivity index (χ2n) is 6.85. The standard InChI is InChI=1S/C21H14BrClN4O2.C2H7N/c1-12-9-14(22)10-13(11-28)18(12)25-21(29)19-15-5-2-3-7-17(15)26-27(19)20-16(23)6-4-8-24-20;1-3-2/h2-11H,1H3,(H,25,29);3H,1-2H3. The zero-order valence-corrected chi connectivity index (χ0v) is 20.0. The Morgan fingerprint density at radius 3 is 2.56 bits per heavy atom. The van der Waals surface area contributed by atoms with Crippen LogP contribution in [0.15, 0.2) is 59.2 Å². The van der Waals surface area contributed by atoms with Gasteiger partial charge in [0.1, 0.15) is 5.69 Å². The Kier molecular flexibility index (Phi) is 7.74. The topological polar surface area (TPSA) is 88.9 Å². The minimum Gasteiger partial charge on any atom is -0.323 e. The van der Waals surface area contributed by atoms with Crippen LogP contribution in [-0.4, -0.2) is 41.1 Å². The zero-order chi connectivity index (χ0) is 23.3. The number of aldehydes is 1. The lowest BCUT2D eigenvalue weighted by atomic mass is 10.1. The molecule has 0 saturated heterocycles. The fourth-order valence-electron chi connectivity index (χ4n) is 3.14. The van der Waals surface area contributed by atoms with E-state index >= 15 is 0 Å². The molecule has 2 heterocycles. The first-order valence-electron chi connectivity index (χ1n) is 9.65. The average Bonchev–Trinajstić information content (AvgIpc) is 3.15. The molecule has 0 aliphatic carbocycles. The van der Waals surface area contributed by atoms with Gasteiger partial charge in [0.2, 0.25) is 0 Å². The highest BCUT2D eigenvalue weighted by Crippen LogP contribution is 2.28. The number of aromatic nitrogens is 3. The van der Waals surface area contributed by atoms with E-state index in [-0.39, 0.29) is 5.69 Å². The number of anilines is 1. The van der Waals surface area contributed by atoms with Gasteiger partial charge in [-0.3, -0.25) is 9.59 Å². The number of pyridine rings is 1. The van der Waals surface area contributed by atoms with Crippen molar-refractivity contribution in [3.63, 3.8) is 0 Å². The third kappa shape index (κ3) is 4.88. The minimum atomic E-state index is -0.422. The number of nitrogens with zero attached hydrogens (tertiary/aromatic N) is 3. The van der Waals surface area contributed by atoms with Crippen LogP contribution in [0.4, 0.5) is 5.69 Å². The molecular formula is C23H21BrClN5O2. The van der Waals surface area contributed by atoms with E-state index in [0.717, 1.165) is 10.0 Å². The highest BCUT2D eigenvalue weighted by molar-refractivity contribution is 9.10. The van der Waals surface area contributed by atoms with Crippen LogP contribution >= 0.6 is 27.5 Å². The molecule has 0 unspecified atom stereocenters. The first-order valence-corrected chi connectivity index (χ1v) is 10.8. The fourth-order valence-corrected chi connectivity index (χ4v) is 3.93. The molecule has 2 aromatic heterocycles. The Morgan fingerprint density at radius 2 is 1.88 bits per heavy atom. The molecule has 0 fully saturated rings. The Balaban J connectivity index is 0.000000913. The summed E-state index contributed by atoms with van der Waals surface area (Å²) in [4.78, 5) is 29.1. The van der Waals surface area contributed by atoms with Gasteiger partial charge < -0.3 is 10.6 Å². The molecule has 4 rings (SSSR count). The first kappa shape index (κ1) is 23.6. The summed E-state index contributed by atoms with van der Waals surface area (Å²) in [6.45, 7) is 1.82. The van der Waals surface area contributed by atoms with Gasteiger partial charge in [-0.05, 0) is 56.9 Å². The molecule has 0 spiro atoms. The van der Waals surface area contributed by atoms with Crippen molar-refractivity contribution in [2.75, 3.05) is 19.4 Å². The summed E-state index contributed by atoms with van der Waals surface area (Å²) in [6, 6.07) is 14.1. The second-order valence-corrected chi connectivity index (χ2v) is 8.17. The Hall–Kier alpha value is -3.07. The van der Waals surface area contributed by atoms with Crippen LogP contribution in [0.1, 0.15) is 26.4 Å². The monoisotopic (exact) mass is 513 g/mol. The molecule has 32 heavy (non-hydrogen) atoms. The lowest BCUT2D eigenvalue weighted by Gasteiger charge is -2.13. The third-order valence-corrected chi connectivity index (χ3v) is 5.18. The van der Waals surface area contributed by atoms with Gasteiger partial charge in [-0.25, -0.2) is 9.67 Å². The smallest absolute Gasteiger partial charge is 0.275 e.